The van der Waals surface area contributed by atoms with Gasteiger partial charge in [-0.15, -0.1) is 0 Å². The van der Waals surface area contributed by atoms with Crippen molar-refractivity contribution in [2.45, 2.75) is 37.8 Å². The number of carbonyl (C=O) groups excluding carboxylic acids is 1. The van der Waals surface area contributed by atoms with Crippen LogP contribution in [0.15, 0.2) is 0 Å². The maximum Gasteiger partial charge on any atom is 0.407 e. The molecule has 0 saturated heterocycles. The van der Waals surface area contributed by atoms with E-state index in [2.05, 4.69) is 10.6 Å². The maximum atomic E-state index is 11.0. The molecule has 0 aliphatic heterocycles. The molecule has 1 saturated carbocycles. The molecule has 0 radical (unpaired) electrons. The fraction of sp³-hybridized carbons (Fsp3) is 0.909. The summed E-state index contributed by atoms with van der Waals surface area (Å²) in [4.78, 5) is 11.0. The average molecular weight is 230 g/mol. The summed E-state index contributed by atoms with van der Waals surface area (Å²) >= 11 is 0. The highest BCUT2D eigenvalue weighted by Crippen LogP contribution is 2.21. The first kappa shape index (κ1) is 13.3. The standard InChI is InChI=1S/C11H22N2O3/c1-12-11(14)16-10-5-3-9(4-6-10)13-7-8-15-2/h9-10,13H,3-8H2,1-2H3,(H,12,14). The molecule has 0 bridgehead atoms. The first-order valence-electron chi connectivity index (χ1n) is 5.87. The van der Waals surface area contributed by atoms with Crippen molar-refractivity contribution < 1.29 is 14.3 Å². The Balaban J connectivity index is 2.11. The van der Waals surface area contributed by atoms with Crippen molar-refractivity contribution in [3.63, 3.8) is 0 Å². The van der Waals surface area contributed by atoms with Gasteiger partial charge in [0, 0.05) is 26.7 Å². The number of ether oxygens (including phenoxy) is 2. The molecule has 94 valence electrons. The predicted molar refractivity (Wildman–Crippen MR) is 61.5 cm³/mol. The Kier molecular flexibility index (Phi) is 6.18. The second-order valence-electron chi connectivity index (χ2n) is 4.08. The van der Waals surface area contributed by atoms with E-state index in [1.54, 1.807) is 14.2 Å². The van der Waals surface area contributed by atoms with Crippen LogP contribution in [-0.4, -0.2) is 45.5 Å². The Hall–Kier alpha value is -0.810. The van der Waals surface area contributed by atoms with Gasteiger partial charge in [-0.3, -0.25) is 0 Å². The second-order valence-corrected chi connectivity index (χ2v) is 4.08. The van der Waals surface area contributed by atoms with E-state index in [0.29, 0.717) is 6.04 Å². The van der Waals surface area contributed by atoms with E-state index in [4.69, 9.17) is 9.47 Å². The van der Waals surface area contributed by atoms with E-state index in [1.807, 2.05) is 0 Å². The maximum absolute atomic E-state index is 11.0. The van der Waals surface area contributed by atoms with Crippen molar-refractivity contribution >= 4 is 6.09 Å². The summed E-state index contributed by atoms with van der Waals surface area (Å²) in [5.41, 5.74) is 0. The van der Waals surface area contributed by atoms with E-state index in [1.165, 1.54) is 0 Å². The van der Waals surface area contributed by atoms with E-state index in [-0.39, 0.29) is 12.2 Å². The lowest BCUT2D eigenvalue weighted by atomic mass is 9.93. The quantitative estimate of drug-likeness (QED) is 0.689. The molecule has 1 rings (SSSR count). The van der Waals surface area contributed by atoms with Crippen molar-refractivity contribution in [3.05, 3.63) is 0 Å². The SMILES string of the molecule is CNC(=O)OC1CCC(NCCOC)CC1. The topological polar surface area (TPSA) is 59.6 Å². The van der Waals surface area contributed by atoms with Crippen molar-refractivity contribution in [2.24, 2.45) is 0 Å². The molecule has 0 heterocycles. The lowest BCUT2D eigenvalue weighted by molar-refractivity contribution is 0.0694. The number of amides is 1. The summed E-state index contributed by atoms with van der Waals surface area (Å²) in [6.45, 7) is 1.64. The van der Waals surface area contributed by atoms with Crippen molar-refractivity contribution in [1.29, 1.82) is 0 Å². The van der Waals surface area contributed by atoms with Crippen LogP contribution in [0.5, 0.6) is 0 Å². The number of hydrogen-bond donors (Lipinski definition) is 2. The number of hydrogen-bond acceptors (Lipinski definition) is 4. The van der Waals surface area contributed by atoms with Crippen LogP contribution < -0.4 is 10.6 Å². The van der Waals surface area contributed by atoms with E-state index in [9.17, 15) is 4.79 Å². The molecule has 1 aliphatic carbocycles. The fourth-order valence-corrected chi connectivity index (χ4v) is 1.96. The van der Waals surface area contributed by atoms with Crippen LogP contribution in [0.3, 0.4) is 0 Å². The highest BCUT2D eigenvalue weighted by atomic mass is 16.6. The Morgan fingerprint density at radius 3 is 2.56 bits per heavy atom. The Labute approximate surface area is 96.9 Å². The molecular weight excluding hydrogens is 208 g/mol. The van der Waals surface area contributed by atoms with Gasteiger partial charge in [0.05, 0.1) is 6.61 Å². The van der Waals surface area contributed by atoms with Gasteiger partial charge in [-0.2, -0.15) is 0 Å². The van der Waals surface area contributed by atoms with Gasteiger partial charge in [-0.25, -0.2) is 4.79 Å². The molecule has 0 aromatic rings. The first-order valence-corrected chi connectivity index (χ1v) is 5.87. The molecule has 0 aromatic heterocycles. The summed E-state index contributed by atoms with van der Waals surface area (Å²) in [5, 5.41) is 5.90. The minimum Gasteiger partial charge on any atom is -0.446 e. The first-order chi connectivity index (χ1) is 7.76. The summed E-state index contributed by atoms with van der Waals surface area (Å²) in [6.07, 6.45) is 3.77. The number of methoxy groups -OCH3 is 1. The van der Waals surface area contributed by atoms with E-state index < -0.39 is 0 Å². The summed E-state index contributed by atoms with van der Waals surface area (Å²) in [6, 6.07) is 0.541. The van der Waals surface area contributed by atoms with Gasteiger partial charge in [0.2, 0.25) is 0 Å². The number of rotatable bonds is 5. The van der Waals surface area contributed by atoms with Crippen molar-refractivity contribution in [3.8, 4) is 0 Å². The van der Waals surface area contributed by atoms with Gasteiger partial charge < -0.3 is 20.1 Å². The third kappa shape index (κ3) is 4.81. The average Bonchev–Trinajstić information content (AvgIpc) is 2.31. The molecule has 2 N–H and O–H groups in total. The van der Waals surface area contributed by atoms with Gasteiger partial charge in [-0.1, -0.05) is 0 Å². The third-order valence-electron chi connectivity index (χ3n) is 2.89. The molecule has 1 fully saturated rings. The molecule has 16 heavy (non-hydrogen) atoms. The van der Waals surface area contributed by atoms with Crippen LogP contribution >= 0.6 is 0 Å². The second kappa shape index (κ2) is 7.46. The van der Waals surface area contributed by atoms with Crippen molar-refractivity contribution in [2.75, 3.05) is 27.3 Å². The zero-order valence-corrected chi connectivity index (χ0v) is 10.1. The molecule has 1 aliphatic rings. The predicted octanol–water partition coefficient (Wildman–Crippen LogP) is 0.890. The number of carbonyl (C=O) groups is 1. The van der Waals surface area contributed by atoms with E-state index in [0.717, 1.165) is 38.8 Å². The monoisotopic (exact) mass is 230 g/mol. The van der Waals surface area contributed by atoms with Gasteiger partial charge in [-0.05, 0) is 25.7 Å². The molecule has 0 atom stereocenters. The summed E-state index contributed by atoms with van der Waals surface area (Å²) in [5.74, 6) is 0. The van der Waals surface area contributed by atoms with Gasteiger partial charge in [0.1, 0.15) is 6.10 Å². The minimum atomic E-state index is -0.323. The highest BCUT2D eigenvalue weighted by Gasteiger charge is 2.22. The Morgan fingerprint density at radius 1 is 1.31 bits per heavy atom. The largest absolute Gasteiger partial charge is 0.446 e. The number of alkyl carbamates (subject to hydrolysis) is 1. The third-order valence-corrected chi connectivity index (χ3v) is 2.89. The molecule has 0 aromatic carbocycles. The van der Waals surface area contributed by atoms with Gasteiger partial charge >= 0.3 is 6.09 Å². The highest BCUT2D eigenvalue weighted by molar-refractivity contribution is 5.66. The molecule has 0 spiro atoms. The van der Waals surface area contributed by atoms with Crippen LogP contribution in [0.4, 0.5) is 4.79 Å². The normalized spacial score (nSPS) is 25.1. The van der Waals surface area contributed by atoms with Crippen LogP contribution in [0.2, 0.25) is 0 Å². The fourth-order valence-electron chi connectivity index (χ4n) is 1.96. The van der Waals surface area contributed by atoms with Gasteiger partial charge in [0.25, 0.3) is 0 Å². The Morgan fingerprint density at radius 2 is 2.00 bits per heavy atom. The van der Waals surface area contributed by atoms with Crippen LogP contribution in [-0.2, 0) is 9.47 Å². The zero-order chi connectivity index (χ0) is 11.8. The van der Waals surface area contributed by atoms with E-state index >= 15 is 0 Å². The smallest absolute Gasteiger partial charge is 0.407 e. The van der Waals surface area contributed by atoms with Crippen LogP contribution in [0.1, 0.15) is 25.7 Å². The molecular formula is C11H22N2O3. The molecule has 5 nitrogen and oxygen atoms in total. The lowest BCUT2D eigenvalue weighted by Gasteiger charge is -2.28. The summed E-state index contributed by atoms with van der Waals surface area (Å²) in [7, 11) is 3.29. The van der Waals surface area contributed by atoms with Crippen molar-refractivity contribution in [1.82, 2.24) is 10.6 Å². The molecule has 0 unspecified atom stereocenters. The number of nitrogens with one attached hydrogen (secondary N) is 2. The molecule has 1 amide bonds. The molecule has 5 heteroatoms. The Bertz CT molecular complexity index is 203. The van der Waals surface area contributed by atoms with Crippen LogP contribution in [0, 0.1) is 0 Å². The van der Waals surface area contributed by atoms with Gasteiger partial charge in [0.15, 0.2) is 0 Å². The van der Waals surface area contributed by atoms with Crippen LogP contribution in [0.25, 0.3) is 0 Å². The zero-order valence-electron chi connectivity index (χ0n) is 10.1. The summed E-state index contributed by atoms with van der Waals surface area (Å²) < 4.78 is 10.2. The lowest BCUT2D eigenvalue weighted by Crippen LogP contribution is -2.38. The minimum absolute atomic E-state index is 0.0837.